The van der Waals surface area contributed by atoms with Gasteiger partial charge in [-0.15, -0.1) is 10.2 Å². The highest BCUT2D eigenvalue weighted by Crippen LogP contribution is 2.24. The summed E-state index contributed by atoms with van der Waals surface area (Å²) in [4.78, 5) is 0. The maximum atomic E-state index is 11.4. The third kappa shape index (κ3) is 2.90. The SMILES string of the molecule is CS(=O)c1nncn1CC1CCCCCC1. The smallest absolute Gasteiger partial charge is 0.221 e. The van der Waals surface area contributed by atoms with E-state index < -0.39 is 10.8 Å². The summed E-state index contributed by atoms with van der Waals surface area (Å²) in [6.07, 6.45) is 11.3. The van der Waals surface area contributed by atoms with Crippen LogP contribution in [0.3, 0.4) is 0 Å². The molecule has 1 atom stereocenters. The van der Waals surface area contributed by atoms with Crippen LogP contribution in [0.4, 0.5) is 0 Å². The molecule has 0 bridgehead atoms. The molecule has 1 aliphatic rings. The fraction of sp³-hybridized carbons (Fsp3) is 0.818. The van der Waals surface area contributed by atoms with Gasteiger partial charge in [0.05, 0.1) is 10.8 Å². The fourth-order valence-corrected chi connectivity index (χ4v) is 3.03. The molecule has 1 aromatic rings. The van der Waals surface area contributed by atoms with Crippen LogP contribution < -0.4 is 0 Å². The zero-order chi connectivity index (χ0) is 11.4. The molecule has 2 rings (SSSR count). The lowest BCUT2D eigenvalue weighted by molar-refractivity contribution is 0.381. The highest BCUT2D eigenvalue weighted by Gasteiger charge is 2.16. The van der Waals surface area contributed by atoms with Gasteiger partial charge in [-0.1, -0.05) is 25.7 Å². The van der Waals surface area contributed by atoms with Gasteiger partial charge in [-0.05, 0) is 18.8 Å². The van der Waals surface area contributed by atoms with E-state index in [9.17, 15) is 4.21 Å². The van der Waals surface area contributed by atoms with Crippen molar-refractivity contribution < 1.29 is 4.21 Å². The molecule has 0 N–H and O–H groups in total. The third-order valence-corrected chi connectivity index (χ3v) is 4.10. The highest BCUT2D eigenvalue weighted by atomic mass is 32.2. The van der Waals surface area contributed by atoms with Gasteiger partial charge in [0.2, 0.25) is 5.16 Å². The van der Waals surface area contributed by atoms with Crippen molar-refractivity contribution in [1.82, 2.24) is 14.8 Å². The average molecular weight is 241 g/mol. The van der Waals surface area contributed by atoms with Crippen molar-refractivity contribution in [2.45, 2.75) is 50.2 Å². The van der Waals surface area contributed by atoms with Gasteiger partial charge in [0.15, 0.2) is 0 Å². The zero-order valence-corrected chi connectivity index (χ0v) is 10.6. The number of hydrogen-bond donors (Lipinski definition) is 0. The van der Waals surface area contributed by atoms with Crippen LogP contribution in [0, 0.1) is 5.92 Å². The normalized spacial score (nSPS) is 20.6. The predicted octanol–water partition coefficient (Wildman–Crippen LogP) is 1.99. The molecule has 1 unspecified atom stereocenters. The Morgan fingerprint density at radius 2 is 2.06 bits per heavy atom. The van der Waals surface area contributed by atoms with Gasteiger partial charge in [0.25, 0.3) is 0 Å². The molecule has 0 aliphatic heterocycles. The van der Waals surface area contributed by atoms with E-state index in [-0.39, 0.29) is 0 Å². The van der Waals surface area contributed by atoms with Gasteiger partial charge in [-0.3, -0.25) is 4.21 Å². The monoisotopic (exact) mass is 241 g/mol. The zero-order valence-electron chi connectivity index (χ0n) is 9.76. The van der Waals surface area contributed by atoms with Gasteiger partial charge in [0, 0.05) is 12.8 Å². The molecule has 0 aromatic carbocycles. The van der Waals surface area contributed by atoms with Gasteiger partial charge in [-0.25, -0.2) is 0 Å². The summed E-state index contributed by atoms with van der Waals surface area (Å²) in [5.41, 5.74) is 0. The Labute approximate surface area is 98.9 Å². The van der Waals surface area contributed by atoms with E-state index in [0.29, 0.717) is 11.1 Å². The molecule has 1 aliphatic carbocycles. The molecule has 5 heteroatoms. The van der Waals surface area contributed by atoms with E-state index in [1.54, 1.807) is 12.6 Å². The van der Waals surface area contributed by atoms with Crippen LogP contribution in [-0.2, 0) is 17.3 Å². The summed E-state index contributed by atoms with van der Waals surface area (Å²) in [6, 6.07) is 0. The number of hydrogen-bond acceptors (Lipinski definition) is 3. The van der Waals surface area contributed by atoms with Gasteiger partial charge >= 0.3 is 0 Å². The summed E-state index contributed by atoms with van der Waals surface area (Å²) in [6.45, 7) is 0.932. The molecule has 0 amide bonds. The second kappa shape index (κ2) is 5.57. The van der Waals surface area contributed by atoms with Crippen molar-refractivity contribution in [3.8, 4) is 0 Å². The molecule has 1 aromatic heterocycles. The first-order valence-electron chi connectivity index (χ1n) is 5.98. The van der Waals surface area contributed by atoms with Crippen LogP contribution in [0.5, 0.6) is 0 Å². The Morgan fingerprint density at radius 3 is 2.69 bits per heavy atom. The minimum atomic E-state index is -1.03. The van der Waals surface area contributed by atoms with E-state index in [2.05, 4.69) is 10.2 Å². The summed E-state index contributed by atoms with van der Waals surface area (Å²) in [7, 11) is -1.03. The van der Waals surface area contributed by atoms with E-state index in [1.807, 2.05) is 4.57 Å². The van der Waals surface area contributed by atoms with Crippen LogP contribution in [0.25, 0.3) is 0 Å². The Morgan fingerprint density at radius 1 is 1.38 bits per heavy atom. The molecule has 1 saturated carbocycles. The van der Waals surface area contributed by atoms with Crippen LogP contribution in [0.2, 0.25) is 0 Å². The molecule has 90 valence electrons. The largest absolute Gasteiger partial charge is 0.306 e. The Hall–Kier alpha value is -0.710. The maximum Gasteiger partial charge on any atom is 0.221 e. The Bertz CT molecular complexity index is 356. The highest BCUT2D eigenvalue weighted by molar-refractivity contribution is 7.84. The molecule has 1 fully saturated rings. The first kappa shape index (κ1) is 11.8. The number of nitrogens with zero attached hydrogens (tertiary/aromatic N) is 3. The number of aromatic nitrogens is 3. The third-order valence-electron chi connectivity index (χ3n) is 3.27. The van der Waals surface area contributed by atoms with E-state index in [4.69, 9.17) is 0 Å². The first-order chi connectivity index (χ1) is 7.77. The average Bonchev–Trinajstić information content (AvgIpc) is 2.55. The standard InChI is InChI=1S/C11H19N3OS/c1-16(15)11-13-12-9-14(11)8-10-6-4-2-3-5-7-10/h9-10H,2-8H2,1H3. The van der Waals surface area contributed by atoms with Crippen molar-refractivity contribution >= 4 is 10.8 Å². The summed E-state index contributed by atoms with van der Waals surface area (Å²) in [5.74, 6) is 0.709. The molecule has 0 radical (unpaired) electrons. The van der Waals surface area contributed by atoms with Crippen LogP contribution in [0.1, 0.15) is 38.5 Å². The van der Waals surface area contributed by atoms with Crippen LogP contribution in [0.15, 0.2) is 11.5 Å². The van der Waals surface area contributed by atoms with Crippen molar-refractivity contribution in [2.75, 3.05) is 6.26 Å². The Kier molecular flexibility index (Phi) is 4.09. The van der Waals surface area contributed by atoms with Crippen molar-refractivity contribution in [3.05, 3.63) is 6.33 Å². The second-order valence-electron chi connectivity index (χ2n) is 4.58. The van der Waals surface area contributed by atoms with Crippen molar-refractivity contribution in [3.63, 3.8) is 0 Å². The van der Waals surface area contributed by atoms with Crippen LogP contribution >= 0.6 is 0 Å². The van der Waals surface area contributed by atoms with Crippen LogP contribution in [-0.4, -0.2) is 25.2 Å². The molecular weight excluding hydrogens is 222 g/mol. The van der Waals surface area contributed by atoms with Crippen molar-refractivity contribution in [1.29, 1.82) is 0 Å². The Balaban J connectivity index is 2.01. The molecule has 0 saturated heterocycles. The first-order valence-corrected chi connectivity index (χ1v) is 7.54. The van der Waals surface area contributed by atoms with Gasteiger partial charge in [-0.2, -0.15) is 0 Å². The lowest BCUT2D eigenvalue weighted by Gasteiger charge is -2.14. The minimum absolute atomic E-state index is 0.615. The molecule has 0 spiro atoms. The summed E-state index contributed by atoms with van der Waals surface area (Å²) >= 11 is 0. The molecule has 4 nitrogen and oxygen atoms in total. The lowest BCUT2D eigenvalue weighted by Crippen LogP contribution is -2.12. The lowest BCUT2D eigenvalue weighted by atomic mass is 10.0. The molecule has 16 heavy (non-hydrogen) atoms. The van der Waals surface area contributed by atoms with E-state index in [1.165, 1.54) is 38.5 Å². The summed E-state index contributed by atoms with van der Waals surface area (Å²) in [5, 5.41) is 8.38. The quantitative estimate of drug-likeness (QED) is 0.760. The fourth-order valence-electron chi connectivity index (χ4n) is 2.42. The molecule has 1 heterocycles. The maximum absolute atomic E-state index is 11.4. The molecular formula is C11H19N3OS. The topological polar surface area (TPSA) is 47.8 Å². The summed E-state index contributed by atoms with van der Waals surface area (Å²) < 4.78 is 13.4. The number of rotatable bonds is 3. The minimum Gasteiger partial charge on any atom is -0.306 e. The van der Waals surface area contributed by atoms with Gasteiger partial charge < -0.3 is 4.57 Å². The van der Waals surface area contributed by atoms with Gasteiger partial charge in [0.1, 0.15) is 6.33 Å². The van der Waals surface area contributed by atoms with E-state index >= 15 is 0 Å². The second-order valence-corrected chi connectivity index (χ2v) is 5.85. The van der Waals surface area contributed by atoms with Crippen molar-refractivity contribution in [2.24, 2.45) is 5.92 Å². The van der Waals surface area contributed by atoms with E-state index in [0.717, 1.165) is 6.54 Å². The predicted molar refractivity (Wildman–Crippen MR) is 63.5 cm³/mol.